The van der Waals surface area contributed by atoms with Crippen LogP contribution in [0.3, 0.4) is 0 Å². The third-order valence-electron chi connectivity index (χ3n) is 3.91. The monoisotopic (exact) mass is 411 g/mol. The highest BCUT2D eigenvalue weighted by atomic mass is 32.2. The van der Waals surface area contributed by atoms with Gasteiger partial charge in [-0.05, 0) is 50.4 Å². The molecule has 2 amide bonds. The van der Waals surface area contributed by atoms with E-state index in [1.54, 1.807) is 6.92 Å². The average molecular weight is 411 g/mol. The van der Waals surface area contributed by atoms with Crippen molar-refractivity contribution in [3.05, 3.63) is 59.7 Å². The van der Waals surface area contributed by atoms with Crippen molar-refractivity contribution >= 4 is 27.5 Å². The number of hydrogen-bond donors (Lipinski definition) is 2. The standard InChI is InChI=1S/C18H19F2N3O4S/c1-3-23(11-16(24)22-17-14(19)5-4-6-15(17)20)18(25)12-7-9-13(10-8-12)28(26,27)21-2/h4-10,21H,3,11H2,1-2H3,(H,22,24). The van der Waals surface area contributed by atoms with Gasteiger partial charge in [0.15, 0.2) is 0 Å². The van der Waals surface area contributed by atoms with Crippen molar-refractivity contribution in [2.75, 3.05) is 25.5 Å². The molecule has 0 aliphatic heterocycles. The lowest BCUT2D eigenvalue weighted by atomic mass is 10.2. The summed E-state index contributed by atoms with van der Waals surface area (Å²) in [7, 11) is -2.37. The van der Waals surface area contributed by atoms with Crippen LogP contribution in [0.2, 0.25) is 0 Å². The van der Waals surface area contributed by atoms with Gasteiger partial charge in [-0.25, -0.2) is 21.9 Å². The molecule has 150 valence electrons. The summed E-state index contributed by atoms with van der Waals surface area (Å²) in [4.78, 5) is 25.8. The van der Waals surface area contributed by atoms with Gasteiger partial charge in [-0.3, -0.25) is 9.59 Å². The molecule has 2 N–H and O–H groups in total. The number of para-hydroxylation sites is 1. The van der Waals surface area contributed by atoms with Gasteiger partial charge in [0.1, 0.15) is 23.9 Å². The molecule has 0 bridgehead atoms. The van der Waals surface area contributed by atoms with Crippen molar-refractivity contribution in [1.29, 1.82) is 0 Å². The van der Waals surface area contributed by atoms with Crippen LogP contribution in [0.4, 0.5) is 14.5 Å². The van der Waals surface area contributed by atoms with Gasteiger partial charge in [0.2, 0.25) is 15.9 Å². The number of likely N-dealkylation sites (N-methyl/N-ethyl adjacent to an activating group) is 1. The molecule has 0 atom stereocenters. The number of hydrogen-bond acceptors (Lipinski definition) is 4. The van der Waals surface area contributed by atoms with E-state index in [0.29, 0.717) is 0 Å². The molecular formula is C18H19F2N3O4S. The fourth-order valence-electron chi connectivity index (χ4n) is 2.37. The third kappa shape index (κ3) is 4.90. The van der Waals surface area contributed by atoms with E-state index in [1.807, 2.05) is 0 Å². The minimum absolute atomic E-state index is 0.0117. The topological polar surface area (TPSA) is 95.6 Å². The largest absolute Gasteiger partial charge is 0.330 e. The van der Waals surface area contributed by atoms with Crippen LogP contribution in [0.5, 0.6) is 0 Å². The second-order valence-corrected chi connectivity index (χ2v) is 7.58. The minimum atomic E-state index is -3.64. The van der Waals surface area contributed by atoms with Crippen molar-refractivity contribution in [2.45, 2.75) is 11.8 Å². The molecule has 0 saturated heterocycles. The fourth-order valence-corrected chi connectivity index (χ4v) is 3.10. The Hall–Kier alpha value is -2.85. The van der Waals surface area contributed by atoms with Gasteiger partial charge in [-0.15, -0.1) is 0 Å². The summed E-state index contributed by atoms with van der Waals surface area (Å²) >= 11 is 0. The van der Waals surface area contributed by atoms with E-state index in [0.717, 1.165) is 17.0 Å². The minimum Gasteiger partial charge on any atom is -0.330 e. The summed E-state index contributed by atoms with van der Waals surface area (Å²) in [6.07, 6.45) is 0. The number of nitrogens with zero attached hydrogens (tertiary/aromatic N) is 1. The Labute approximate surface area is 161 Å². The van der Waals surface area contributed by atoms with Gasteiger partial charge in [0, 0.05) is 12.1 Å². The number of carbonyl (C=O) groups is 2. The third-order valence-corrected chi connectivity index (χ3v) is 5.34. The van der Waals surface area contributed by atoms with E-state index in [2.05, 4.69) is 10.0 Å². The van der Waals surface area contributed by atoms with Gasteiger partial charge in [0.05, 0.1) is 4.90 Å². The van der Waals surface area contributed by atoms with Gasteiger partial charge < -0.3 is 10.2 Å². The van der Waals surface area contributed by atoms with Crippen molar-refractivity contribution in [3.8, 4) is 0 Å². The molecule has 7 nitrogen and oxygen atoms in total. The first-order valence-corrected chi connectivity index (χ1v) is 9.74. The number of amides is 2. The van der Waals surface area contributed by atoms with E-state index in [1.165, 1.54) is 37.4 Å². The molecule has 2 aromatic rings. The zero-order chi connectivity index (χ0) is 20.9. The SMILES string of the molecule is CCN(CC(=O)Nc1c(F)cccc1F)C(=O)c1ccc(S(=O)(=O)NC)cc1. The summed E-state index contributed by atoms with van der Waals surface area (Å²) < 4.78 is 52.9. The molecule has 2 aromatic carbocycles. The number of anilines is 1. The van der Waals surface area contributed by atoms with Gasteiger partial charge >= 0.3 is 0 Å². The zero-order valence-corrected chi connectivity index (χ0v) is 16.0. The Morgan fingerprint density at radius 3 is 2.11 bits per heavy atom. The highest BCUT2D eigenvalue weighted by Gasteiger charge is 2.20. The van der Waals surface area contributed by atoms with E-state index >= 15 is 0 Å². The highest BCUT2D eigenvalue weighted by molar-refractivity contribution is 7.89. The summed E-state index contributed by atoms with van der Waals surface area (Å²) in [5.41, 5.74) is -0.417. The van der Waals surface area contributed by atoms with Crippen LogP contribution in [0, 0.1) is 11.6 Å². The Morgan fingerprint density at radius 2 is 1.61 bits per heavy atom. The lowest BCUT2D eigenvalue weighted by molar-refractivity contribution is -0.116. The smallest absolute Gasteiger partial charge is 0.254 e. The van der Waals surface area contributed by atoms with Crippen LogP contribution in [-0.4, -0.2) is 45.3 Å². The number of nitrogens with one attached hydrogen (secondary N) is 2. The number of halogens is 2. The zero-order valence-electron chi connectivity index (χ0n) is 15.2. The summed E-state index contributed by atoms with van der Waals surface area (Å²) in [6.45, 7) is 1.36. The summed E-state index contributed by atoms with van der Waals surface area (Å²) in [5, 5.41) is 2.12. The molecule has 0 fully saturated rings. The maximum atomic E-state index is 13.6. The van der Waals surface area contributed by atoms with Gasteiger partial charge in [-0.2, -0.15) is 0 Å². The van der Waals surface area contributed by atoms with E-state index in [4.69, 9.17) is 0 Å². The molecule has 2 rings (SSSR count). The number of rotatable bonds is 7. The average Bonchev–Trinajstić information content (AvgIpc) is 2.68. The molecule has 0 spiro atoms. The first-order chi connectivity index (χ1) is 13.2. The van der Waals surface area contributed by atoms with Crippen molar-refractivity contribution in [2.24, 2.45) is 0 Å². The highest BCUT2D eigenvalue weighted by Crippen LogP contribution is 2.18. The van der Waals surface area contributed by atoms with Crippen molar-refractivity contribution in [3.63, 3.8) is 0 Å². The molecule has 28 heavy (non-hydrogen) atoms. The molecule has 0 aliphatic rings. The summed E-state index contributed by atoms with van der Waals surface area (Å²) in [6, 6.07) is 8.35. The van der Waals surface area contributed by atoms with Gasteiger partial charge in [0.25, 0.3) is 5.91 Å². The molecular weight excluding hydrogens is 392 g/mol. The predicted octanol–water partition coefficient (Wildman–Crippen LogP) is 1.97. The molecule has 10 heteroatoms. The number of benzene rings is 2. The molecule has 0 aliphatic carbocycles. The quantitative estimate of drug-likeness (QED) is 0.728. The Morgan fingerprint density at radius 1 is 1.04 bits per heavy atom. The van der Waals surface area contributed by atoms with Crippen LogP contribution in [0.15, 0.2) is 47.4 Å². The Balaban J connectivity index is 2.12. The molecule has 0 saturated carbocycles. The second kappa shape index (κ2) is 8.89. The molecule has 0 unspecified atom stereocenters. The van der Waals surface area contributed by atoms with Crippen molar-refractivity contribution < 1.29 is 26.8 Å². The lowest BCUT2D eigenvalue weighted by Crippen LogP contribution is -2.38. The molecule has 0 aromatic heterocycles. The van der Waals surface area contributed by atoms with E-state index in [9.17, 15) is 26.8 Å². The first kappa shape index (κ1) is 21.5. The second-order valence-electron chi connectivity index (χ2n) is 5.70. The maximum absolute atomic E-state index is 13.6. The number of sulfonamides is 1. The fraction of sp³-hybridized carbons (Fsp3) is 0.222. The van der Waals surface area contributed by atoms with E-state index in [-0.39, 0.29) is 17.0 Å². The van der Waals surface area contributed by atoms with Gasteiger partial charge in [-0.1, -0.05) is 6.07 Å². The van der Waals surface area contributed by atoms with Crippen LogP contribution >= 0.6 is 0 Å². The molecule has 0 radical (unpaired) electrons. The predicted molar refractivity (Wildman–Crippen MR) is 99.3 cm³/mol. The summed E-state index contributed by atoms with van der Waals surface area (Å²) in [5.74, 6) is -3.15. The number of carbonyl (C=O) groups excluding carboxylic acids is 2. The maximum Gasteiger partial charge on any atom is 0.254 e. The van der Waals surface area contributed by atoms with Crippen LogP contribution in [0.1, 0.15) is 17.3 Å². The van der Waals surface area contributed by atoms with Crippen LogP contribution in [0.25, 0.3) is 0 Å². The Kier molecular flexibility index (Phi) is 6.81. The van der Waals surface area contributed by atoms with Crippen molar-refractivity contribution in [1.82, 2.24) is 9.62 Å². The normalized spacial score (nSPS) is 11.1. The Bertz CT molecular complexity index is 959. The molecule has 0 heterocycles. The van der Waals surface area contributed by atoms with E-state index < -0.39 is 45.7 Å². The first-order valence-electron chi connectivity index (χ1n) is 8.26. The van der Waals surface area contributed by atoms with Crippen LogP contribution in [-0.2, 0) is 14.8 Å². The lowest BCUT2D eigenvalue weighted by Gasteiger charge is -2.20. The van der Waals surface area contributed by atoms with Crippen LogP contribution < -0.4 is 10.0 Å².